The van der Waals surface area contributed by atoms with Gasteiger partial charge in [0.1, 0.15) is 0 Å². The molecule has 0 bridgehead atoms. The van der Waals surface area contributed by atoms with E-state index in [9.17, 15) is 8.78 Å². The molecule has 2 rings (SSSR count). The number of rotatable bonds is 3. The van der Waals surface area contributed by atoms with E-state index in [-0.39, 0.29) is 6.04 Å². The molecule has 1 fully saturated rings. The molecule has 90 valence electrons. The fourth-order valence-corrected chi connectivity index (χ4v) is 1.98. The number of likely N-dealkylation sites (tertiary alicyclic amines) is 1. The molecule has 0 unspecified atom stereocenters. The van der Waals surface area contributed by atoms with Crippen molar-refractivity contribution in [1.82, 2.24) is 14.7 Å². The summed E-state index contributed by atoms with van der Waals surface area (Å²) in [4.78, 5) is 2.14. The molecular weight excluding hydrogens is 214 g/mol. The van der Waals surface area contributed by atoms with Crippen LogP contribution in [-0.2, 0) is 6.54 Å². The third-order valence-corrected chi connectivity index (χ3v) is 2.95. The van der Waals surface area contributed by atoms with E-state index in [0.29, 0.717) is 12.2 Å². The highest BCUT2D eigenvalue weighted by Crippen LogP contribution is 2.16. The minimum Gasteiger partial charge on any atom is -0.328 e. The second-order valence-corrected chi connectivity index (χ2v) is 4.16. The van der Waals surface area contributed by atoms with Gasteiger partial charge in [-0.1, -0.05) is 0 Å². The van der Waals surface area contributed by atoms with Crippen LogP contribution in [0, 0.1) is 0 Å². The van der Waals surface area contributed by atoms with Crippen molar-refractivity contribution in [1.29, 1.82) is 0 Å². The summed E-state index contributed by atoms with van der Waals surface area (Å²) in [6, 6.07) is 1.90. The molecule has 0 radical (unpaired) electrons. The van der Waals surface area contributed by atoms with E-state index in [4.69, 9.17) is 5.73 Å². The Hall–Kier alpha value is -1.01. The second kappa shape index (κ2) is 4.88. The Balaban J connectivity index is 1.96. The molecule has 6 heteroatoms. The van der Waals surface area contributed by atoms with E-state index < -0.39 is 6.55 Å². The smallest absolute Gasteiger partial charge is 0.328 e. The topological polar surface area (TPSA) is 47.1 Å². The van der Waals surface area contributed by atoms with Gasteiger partial charge in [-0.05, 0) is 18.9 Å². The maximum Gasteiger partial charge on any atom is 0.333 e. The van der Waals surface area contributed by atoms with Gasteiger partial charge in [-0.2, -0.15) is 13.9 Å². The van der Waals surface area contributed by atoms with Gasteiger partial charge in [-0.3, -0.25) is 4.90 Å². The predicted molar refractivity (Wildman–Crippen MR) is 56.0 cm³/mol. The van der Waals surface area contributed by atoms with E-state index in [1.807, 2.05) is 0 Å². The van der Waals surface area contributed by atoms with Gasteiger partial charge >= 0.3 is 6.55 Å². The van der Waals surface area contributed by atoms with Gasteiger partial charge in [0.15, 0.2) is 0 Å². The molecule has 0 atom stereocenters. The Bertz CT molecular complexity index is 331. The van der Waals surface area contributed by atoms with E-state index in [2.05, 4.69) is 10.00 Å². The minimum atomic E-state index is -2.56. The van der Waals surface area contributed by atoms with Crippen molar-refractivity contribution in [3.05, 3.63) is 18.0 Å². The summed E-state index contributed by atoms with van der Waals surface area (Å²) < 4.78 is 25.9. The fraction of sp³-hybridized carbons (Fsp3) is 0.700. The van der Waals surface area contributed by atoms with Crippen LogP contribution in [0.15, 0.2) is 12.3 Å². The number of nitrogens with two attached hydrogens (primary N) is 1. The summed E-state index contributed by atoms with van der Waals surface area (Å²) in [7, 11) is 0. The maximum atomic E-state index is 12.5. The Kier molecular flexibility index (Phi) is 3.50. The standard InChI is InChI=1S/C10H16F2N4/c11-10(12)16-9(1-4-14-16)7-15-5-2-8(13)3-6-15/h1,4,8,10H,2-3,5-7,13H2. The van der Waals surface area contributed by atoms with Gasteiger partial charge in [0.25, 0.3) is 0 Å². The van der Waals surface area contributed by atoms with Crippen molar-refractivity contribution in [3.8, 4) is 0 Å². The van der Waals surface area contributed by atoms with Crippen LogP contribution in [0.2, 0.25) is 0 Å². The van der Waals surface area contributed by atoms with Crippen LogP contribution in [0.1, 0.15) is 25.1 Å². The zero-order valence-corrected chi connectivity index (χ0v) is 9.02. The van der Waals surface area contributed by atoms with Crippen LogP contribution in [0.5, 0.6) is 0 Å². The monoisotopic (exact) mass is 230 g/mol. The zero-order valence-electron chi connectivity index (χ0n) is 9.02. The lowest BCUT2D eigenvalue weighted by Gasteiger charge is -2.29. The van der Waals surface area contributed by atoms with Crippen molar-refractivity contribution >= 4 is 0 Å². The van der Waals surface area contributed by atoms with Gasteiger partial charge in [-0.25, -0.2) is 4.68 Å². The zero-order chi connectivity index (χ0) is 11.5. The largest absolute Gasteiger partial charge is 0.333 e. The first-order chi connectivity index (χ1) is 7.66. The molecule has 0 amide bonds. The first-order valence-corrected chi connectivity index (χ1v) is 5.45. The average Bonchev–Trinajstić information content (AvgIpc) is 2.69. The molecule has 1 aliphatic rings. The first kappa shape index (κ1) is 11.5. The number of hydrogen-bond donors (Lipinski definition) is 1. The lowest BCUT2D eigenvalue weighted by Crippen LogP contribution is -2.39. The Morgan fingerprint density at radius 1 is 1.44 bits per heavy atom. The highest BCUT2D eigenvalue weighted by Gasteiger charge is 2.19. The van der Waals surface area contributed by atoms with Crippen molar-refractivity contribution in [2.45, 2.75) is 32.0 Å². The average molecular weight is 230 g/mol. The highest BCUT2D eigenvalue weighted by atomic mass is 19.3. The molecular formula is C10H16F2N4. The summed E-state index contributed by atoms with van der Waals surface area (Å²) in [6.45, 7) is -0.292. The number of nitrogens with zero attached hydrogens (tertiary/aromatic N) is 3. The number of hydrogen-bond acceptors (Lipinski definition) is 3. The molecule has 2 heterocycles. The molecule has 4 nitrogen and oxygen atoms in total. The number of halogens is 2. The fourth-order valence-electron chi connectivity index (χ4n) is 1.98. The van der Waals surface area contributed by atoms with Gasteiger partial charge in [0.05, 0.1) is 5.69 Å². The Morgan fingerprint density at radius 3 is 2.75 bits per heavy atom. The SMILES string of the molecule is NC1CCN(Cc2ccnn2C(F)F)CC1. The summed E-state index contributed by atoms with van der Waals surface area (Å²) in [5.74, 6) is 0. The molecule has 2 N–H and O–H groups in total. The van der Waals surface area contributed by atoms with Crippen molar-refractivity contribution < 1.29 is 8.78 Å². The molecule has 1 saturated heterocycles. The molecule has 1 aromatic rings. The van der Waals surface area contributed by atoms with Crippen LogP contribution in [-0.4, -0.2) is 33.8 Å². The molecule has 16 heavy (non-hydrogen) atoms. The molecule has 1 aromatic heterocycles. The van der Waals surface area contributed by atoms with Gasteiger partial charge in [0, 0.05) is 31.9 Å². The van der Waals surface area contributed by atoms with E-state index >= 15 is 0 Å². The van der Waals surface area contributed by atoms with Crippen molar-refractivity contribution in [3.63, 3.8) is 0 Å². The summed E-state index contributed by atoms with van der Waals surface area (Å²) in [5, 5.41) is 3.61. The Labute approximate surface area is 93.0 Å². The van der Waals surface area contributed by atoms with E-state index in [0.717, 1.165) is 30.6 Å². The third kappa shape index (κ3) is 2.56. The number of piperidine rings is 1. The van der Waals surface area contributed by atoms with E-state index in [1.165, 1.54) is 6.20 Å². The molecule has 0 spiro atoms. The first-order valence-electron chi connectivity index (χ1n) is 5.45. The number of aromatic nitrogens is 2. The third-order valence-electron chi connectivity index (χ3n) is 2.95. The summed E-state index contributed by atoms with van der Waals surface area (Å²) in [6.07, 6.45) is 3.28. The maximum absolute atomic E-state index is 12.5. The van der Waals surface area contributed by atoms with Crippen LogP contribution in [0.4, 0.5) is 8.78 Å². The summed E-state index contributed by atoms with van der Waals surface area (Å²) >= 11 is 0. The van der Waals surface area contributed by atoms with Gasteiger partial charge in [-0.15, -0.1) is 0 Å². The van der Waals surface area contributed by atoms with Crippen molar-refractivity contribution in [2.75, 3.05) is 13.1 Å². The van der Waals surface area contributed by atoms with Crippen LogP contribution >= 0.6 is 0 Å². The van der Waals surface area contributed by atoms with Crippen LogP contribution < -0.4 is 5.73 Å². The lowest BCUT2D eigenvalue weighted by molar-refractivity contribution is 0.0498. The van der Waals surface area contributed by atoms with Gasteiger partial charge in [0.2, 0.25) is 0 Å². The van der Waals surface area contributed by atoms with Crippen LogP contribution in [0.25, 0.3) is 0 Å². The normalized spacial score (nSPS) is 19.5. The highest BCUT2D eigenvalue weighted by molar-refractivity contribution is 5.01. The van der Waals surface area contributed by atoms with Crippen molar-refractivity contribution in [2.24, 2.45) is 5.73 Å². The number of alkyl halides is 2. The van der Waals surface area contributed by atoms with E-state index in [1.54, 1.807) is 6.07 Å². The lowest BCUT2D eigenvalue weighted by atomic mass is 10.1. The molecule has 1 aliphatic heterocycles. The molecule has 0 saturated carbocycles. The molecule has 0 aliphatic carbocycles. The minimum absolute atomic E-state index is 0.260. The second-order valence-electron chi connectivity index (χ2n) is 4.16. The predicted octanol–water partition coefficient (Wildman–Crippen LogP) is 1.20. The Morgan fingerprint density at radius 2 is 2.12 bits per heavy atom. The molecule has 0 aromatic carbocycles. The van der Waals surface area contributed by atoms with Gasteiger partial charge < -0.3 is 5.73 Å². The quantitative estimate of drug-likeness (QED) is 0.848. The van der Waals surface area contributed by atoms with Crippen LogP contribution in [0.3, 0.4) is 0 Å². The summed E-state index contributed by atoms with van der Waals surface area (Å²) in [5.41, 5.74) is 6.34.